The molecule has 6 nitrogen and oxygen atoms in total. The molecule has 1 fully saturated rings. The summed E-state index contributed by atoms with van der Waals surface area (Å²) in [6, 6.07) is 6.66. The zero-order valence-electron chi connectivity index (χ0n) is 11.6. The number of amides is 2. The van der Waals surface area contributed by atoms with Gasteiger partial charge in [0, 0.05) is 18.5 Å². The van der Waals surface area contributed by atoms with Gasteiger partial charge in [0.05, 0.1) is 5.41 Å². The molecule has 1 aromatic rings. The molecule has 0 saturated heterocycles. The van der Waals surface area contributed by atoms with Crippen molar-refractivity contribution < 1.29 is 19.5 Å². The molecule has 2 rings (SSSR count). The number of carboxylic acid groups (broad SMARTS) is 1. The van der Waals surface area contributed by atoms with Gasteiger partial charge in [-0.05, 0) is 30.5 Å². The first-order chi connectivity index (χ1) is 9.93. The molecule has 0 spiro atoms. The summed E-state index contributed by atoms with van der Waals surface area (Å²) in [7, 11) is 0. The highest BCUT2D eigenvalue weighted by atomic mass is 16.4. The fourth-order valence-electron chi connectivity index (χ4n) is 2.47. The molecule has 0 atom stereocenters. The molecule has 6 heteroatoms. The molecule has 1 aromatic carbocycles. The van der Waals surface area contributed by atoms with Crippen LogP contribution in [0.25, 0.3) is 0 Å². The number of primary amides is 1. The van der Waals surface area contributed by atoms with Gasteiger partial charge < -0.3 is 16.2 Å². The Morgan fingerprint density at radius 2 is 2.00 bits per heavy atom. The number of benzene rings is 1. The van der Waals surface area contributed by atoms with Crippen LogP contribution in [0.2, 0.25) is 0 Å². The summed E-state index contributed by atoms with van der Waals surface area (Å²) >= 11 is 0. The Labute approximate surface area is 122 Å². The molecular formula is C15H18N2O4. The molecule has 1 aliphatic rings. The van der Waals surface area contributed by atoms with Crippen molar-refractivity contribution in [2.45, 2.75) is 32.2 Å². The lowest BCUT2D eigenvalue weighted by Gasteiger charge is -2.36. The van der Waals surface area contributed by atoms with Crippen molar-refractivity contribution in [2.75, 3.05) is 0 Å². The first kappa shape index (κ1) is 15.0. The van der Waals surface area contributed by atoms with E-state index in [1.807, 2.05) is 0 Å². The summed E-state index contributed by atoms with van der Waals surface area (Å²) in [5, 5.41) is 11.9. The number of nitrogens with one attached hydrogen (secondary N) is 1. The number of carbonyl (C=O) groups excluding carboxylic acids is 2. The molecule has 0 aromatic heterocycles. The number of rotatable bonds is 6. The number of hydrogen-bond acceptors (Lipinski definition) is 3. The highest BCUT2D eigenvalue weighted by Crippen LogP contribution is 2.44. The van der Waals surface area contributed by atoms with Crippen molar-refractivity contribution in [3.05, 3.63) is 35.4 Å². The molecule has 112 valence electrons. The molecule has 1 saturated carbocycles. The third-order valence-electron chi connectivity index (χ3n) is 3.96. The third kappa shape index (κ3) is 3.39. The largest absolute Gasteiger partial charge is 0.481 e. The van der Waals surface area contributed by atoms with Gasteiger partial charge in [-0.1, -0.05) is 18.6 Å². The van der Waals surface area contributed by atoms with Crippen molar-refractivity contribution in [1.29, 1.82) is 0 Å². The number of nitrogens with two attached hydrogens (primary N) is 1. The van der Waals surface area contributed by atoms with Crippen LogP contribution in [0, 0.1) is 5.41 Å². The fraction of sp³-hybridized carbons (Fsp3) is 0.400. The van der Waals surface area contributed by atoms with E-state index >= 15 is 0 Å². The van der Waals surface area contributed by atoms with Gasteiger partial charge in [-0.25, -0.2) is 0 Å². The van der Waals surface area contributed by atoms with Crippen LogP contribution in [0.15, 0.2) is 24.3 Å². The molecule has 2 amide bonds. The summed E-state index contributed by atoms with van der Waals surface area (Å²) in [5.74, 6) is -1.72. The monoisotopic (exact) mass is 290 g/mol. The predicted molar refractivity (Wildman–Crippen MR) is 75.3 cm³/mol. The molecule has 21 heavy (non-hydrogen) atoms. The van der Waals surface area contributed by atoms with Gasteiger partial charge in [-0.2, -0.15) is 0 Å². The molecule has 0 bridgehead atoms. The Morgan fingerprint density at radius 3 is 2.52 bits per heavy atom. The molecule has 0 heterocycles. The van der Waals surface area contributed by atoms with E-state index in [4.69, 9.17) is 5.73 Å². The maximum Gasteiger partial charge on any atom is 0.310 e. The second-order valence-corrected chi connectivity index (χ2v) is 5.46. The van der Waals surface area contributed by atoms with E-state index < -0.39 is 17.3 Å². The minimum absolute atomic E-state index is 0.00214. The zero-order chi connectivity index (χ0) is 15.5. The normalized spacial score (nSPS) is 15.8. The Morgan fingerprint density at radius 1 is 1.29 bits per heavy atom. The minimum Gasteiger partial charge on any atom is -0.481 e. The Kier molecular flexibility index (Phi) is 4.26. The topological polar surface area (TPSA) is 109 Å². The van der Waals surface area contributed by atoms with Crippen LogP contribution in [-0.2, 0) is 16.1 Å². The molecule has 0 radical (unpaired) electrons. The van der Waals surface area contributed by atoms with Crippen LogP contribution in [-0.4, -0.2) is 22.9 Å². The Balaban J connectivity index is 1.91. The lowest BCUT2D eigenvalue weighted by atomic mass is 9.66. The van der Waals surface area contributed by atoms with E-state index in [1.165, 1.54) is 0 Å². The van der Waals surface area contributed by atoms with Gasteiger partial charge in [-0.3, -0.25) is 14.4 Å². The predicted octanol–water partition coefficient (Wildman–Crippen LogP) is 1.05. The van der Waals surface area contributed by atoms with E-state index in [9.17, 15) is 19.5 Å². The van der Waals surface area contributed by atoms with Gasteiger partial charge in [0.25, 0.3) is 0 Å². The Hall–Kier alpha value is -2.37. The maximum absolute atomic E-state index is 11.9. The van der Waals surface area contributed by atoms with E-state index in [-0.39, 0.29) is 18.9 Å². The second-order valence-electron chi connectivity index (χ2n) is 5.46. The average molecular weight is 290 g/mol. The smallest absolute Gasteiger partial charge is 0.310 e. The Bertz CT molecular complexity index is 579. The average Bonchev–Trinajstić information content (AvgIpc) is 2.40. The van der Waals surface area contributed by atoms with Gasteiger partial charge in [0.15, 0.2) is 0 Å². The third-order valence-corrected chi connectivity index (χ3v) is 3.96. The number of aliphatic carboxylic acids is 1. The molecule has 4 N–H and O–H groups in total. The van der Waals surface area contributed by atoms with Crippen LogP contribution in [0.4, 0.5) is 0 Å². The van der Waals surface area contributed by atoms with Crippen molar-refractivity contribution >= 4 is 17.8 Å². The minimum atomic E-state index is -0.903. The second kappa shape index (κ2) is 5.95. The first-order valence-electron chi connectivity index (χ1n) is 6.82. The summed E-state index contributed by atoms with van der Waals surface area (Å²) in [5.41, 5.74) is 5.42. The van der Waals surface area contributed by atoms with Gasteiger partial charge in [0.1, 0.15) is 0 Å². The van der Waals surface area contributed by atoms with Crippen molar-refractivity contribution in [3.63, 3.8) is 0 Å². The van der Waals surface area contributed by atoms with E-state index in [1.54, 1.807) is 24.3 Å². The van der Waals surface area contributed by atoms with Gasteiger partial charge >= 0.3 is 5.97 Å². The van der Waals surface area contributed by atoms with Crippen LogP contribution >= 0.6 is 0 Å². The zero-order valence-corrected chi connectivity index (χ0v) is 11.6. The lowest BCUT2D eigenvalue weighted by molar-refractivity contribution is -0.157. The lowest BCUT2D eigenvalue weighted by Crippen LogP contribution is -2.42. The quantitative estimate of drug-likeness (QED) is 0.727. The first-order valence-corrected chi connectivity index (χ1v) is 6.82. The van der Waals surface area contributed by atoms with Crippen LogP contribution < -0.4 is 11.1 Å². The maximum atomic E-state index is 11.9. The van der Waals surface area contributed by atoms with Crippen LogP contribution in [0.3, 0.4) is 0 Å². The highest BCUT2D eigenvalue weighted by Gasteiger charge is 2.45. The summed E-state index contributed by atoms with van der Waals surface area (Å²) < 4.78 is 0. The van der Waals surface area contributed by atoms with E-state index in [0.29, 0.717) is 18.4 Å². The van der Waals surface area contributed by atoms with Gasteiger partial charge in [-0.15, -0.1) is 0 Å². The molecular weight excluding hydrogens is 272 g/mol. The summed E-state index contributed by atoms with van der Waals surface area (Å²) in [4.78, 5) is 34.2. The summed E-state index contributed by atoms with van der Waals surface area (Å²) in [6.45, 7) is 0.246. The van der Waals surface area contributed by atoms with E-state index in [2.05, 4.69) is 5.32 Å². The van der Waals surface area contributed by atoms with Crippen LogP contribution in [0.5, 0.6) is 0 Å². The van der Waals surface area contributed by atoms with Crippen molar-refractivity contribution in [1.82, 2.24) is 5.32 Å². The van der Waals surface area contributed by atoms with Crippen molar-refractivity contribution in [2.24, 2.45) is 11.1 Å². The number of hydrogen-bond donors (Lipinski definition) is 3. The molecule has 0 aliphatic heterocycles. The van der Waals surface area contributed by atoms with Crippen molar-refractivity contribution in [3.8, 4) is 0 Å². The van der Waals surface area contributed by atoms with Crippen LogP contribution in [0.1, 0.15) is 41.6 Å². The fourth-order valence-corrected chi connectivity index (χ4v) is 2.47. The standard InChI is InChI=1S/C15H18N2O4/c16-13(19)11-4-1-3-10(7-11)9-17-12(18)8-15(14(20)21)5-2-6-15/h1,3-4,7H,2,5-6,8-9H2,(H2,16,19)(H,17,18)(H,20,21). The van der Waals surface area contributed by atoms with E-state index in [0.717, 1.165) is 12.0 Å². The number of carboxylic acids is 1. The highest BCUT2D eigenvalue weighted by molar-refractivity contribution is 5.93. The number of carbonyl (C=O) groups is 3. The molecule has 1 aliphatic carbocycles. The molecule has 0 unspecified atom stereocenters. The summed E-state index contributed by atoms with van der Waals surface area (Å²) in [6.07, 6.45) is 1.94. The van der Waals surface area contributed by atoms with Gasteiger partial charge in [0.2, 0.25) is 11.8 Å². The SMILES string of the molecule is NC(=O)c1cccc(CNC(=O)CC2(C(=O)O)CCC2)c1.